The third-order valence-corrected chi connectivity index (χ3v) is 3.70. The average molecular weight is 254 g/mol. The maximum absolute atomic E-state index is 12.2. The van der Waals surface area contributed by atoms with Gasteiger partial charge in [-0.05, 0) is 45.1 Å². The van der Waals surface area contributed by atoms with Crippen LogP contribution in [0.2, 0.25) is 0 Å². The molecular formula is C15H30N2O. The lowest BCUT2D eigenvalue weighted by atomic mass is 10.1. The molecule has 0 aromatic carbocycles. The van der Waals surface area contributed by atoms with E-state index in [0.717, 1.165) is 32.0 Å². The predicted molar refractivity (Wildman–Crippen MR) is 76.6 cm³/mol. The zero-order valence-corrected chi connectivity index (χ0v) is 12.4. The summed E-state index contributed by atoms with van der Waals surface area (Å²) in [5.41, 5.74) is 0. The van der Waals surface area contributed by atoms with E-state index >= 15 is 0 Å². The molecule has 0 saturated carbocycles. The highest BCUT2D eigenvalue weighted by molar-refractivity contribution is 5.81. The van der Waals surface area contributed by atoms with Gasteiger partial charge in [0.1, 0.15) is 0 Å². The van der Waals surface area contributed by atoms with Gasteiger partial charge in [0.15, 0.2) is 0 Å². The normalized spacial score (nSPS) is 18.8. The Labute approximate surface area is 112 Å². The number of hydrogen-bond donors (Lipinski definition) is 1. The highest BCUT2D eigenvalue weighted by Crippen LogP contribution is 2.10. The molecule has 0 spiro atoms. The van der Waals surface area contributed by atoms with E-state index in [1.807, 2.05) is 11.8 Å². The van der Waals surface area contributed by atoms with Gasteiger partial charge < -0.3 is 10.2 Å². The van der Waals surface area contributed by atoms with Crippen LogP contribution in [0, 0.1) is 5.92 Å². The molecule has 1 atom stereocenters. The fraction of sp³-hybridized carbons (Fsp3) is 0.933. The SMILES string of the molecule is CC(C)CCCNC(C)C(=O)N1CCCCCC1. The smallest absolute Gasteiger partial charge is 0.239 e. The van der Waals surface area contributed by atoms with Crippen LogP contribution in [0.1, 0.15) is 59.3 Å². The lowest BCUT2D eigenvalue weighted by Gasteiger charge is -2.24. The maximum Gasteiger partial charge on any atom is 0.239 e. The Morgan fingerprint density at radius 3 is 2.28 bits per heavy atom. The first kappa shape index (κ1) is 15.5. The maximum atomic E-state index is 12.2. The van der Waals surface area contributed by atoms with E-state index in [1.54, 1.807) is 0 Å². The molecule has 1 fully saturated rings. The lowest BCUT2D eigenvalue weighted by Crippen LogP contribution is -2.45. The Morgan fingerprint density at radius 1 is 1.11 bits per heavy atom. The van der Waals surface area contributed by atoms with Crippen LogP contribution >= 0.6 is 0 Å². The molecule has 3 heteroatoms. The number of rotatable bonds is 6. The molecule has 106 valence electrons. The standard InChI is InChI=1S/C15H30N2O/c1-13(2)9-8-10-16-14(3)15(18)17-11-6-4-5-7-12-17/h13-14,16H,4-12H2,1-3H3. The number of amides is 1. The number of carbonyl (C=O) groups excluding carboxylic acids is 1. The minimum Gasteiger partial charge on any atom is -0.341 e. The fourth-order valence-corrected chi connectivity index (χ4v) is 2.48. The van der Waals surface area contributed by atoms with Crippen LogP contribution in [0.3, 0.4) is 0 Å². The topological polar surface area (TPSA) is 32.3 Å². The molecule has 0 radical (unpaired) electrons. The first-order valence-electron chi connectivity index (χ1n) is 7.63. The fourth-order valence-electron chi connectivity index (χ4n) is 2.48. The Bertz CT molecular complexity index is 233. The minimum absolute atomic E-state index is 0.0183. The molecule has 1 rings (SSSR count). The van der Waals surface area contributed by atoms with Crippen LogP contribution in [-0.2, 0) is 4.79 Å². The molecule has 1 amide bonds. The summed E-state index contributed by atoms with van der Waals surface area (Å²) in [6.45, 7) is 9.35. The van der Waals surface area contributed by atoms with Crippen molar-refractivity contribution in [3.63, 3.8) is 0 Å². The highest BCUT2D eigenvalue weighted by atomic mass is 16.2. The quantitative estimate of drug-likeness (QED) is 0.739. The van der Waals surface area contributed by atoms with Crippen molar-refractivity contribution in [2.24, 2.45) is 5.92 Å². The Hall–Kier alpha value is -0.570. The molecule has 0 aromatic heterocycles. The Balaban J connectivity index is 2.22. The largest absolute Gasteiger partial charge is 0.341 e. The van der Waals surface area contributed by atoms with E-state index in [1.165, 1.54) is 32.1 Å². The molecular weight excluding hydrogens is 224 g/mol. The summed E-state index contributed by atoms with van der Waals surface area (Å²) in [5, 5.41) is 3.36. The number of carbonyl (C=O) groups is 1. The van der Waals surface area contributed by atoms with Gasteiger partial charge in [-0.25, -0.2) is 0 Å². The number of nitrogens with one attached hydrogen (secondary N) is 1. The first-order valence-corrected chi connectivity index (χ1v) is 7.63. The number of hydrogen-bond acceptors (Lipinski definition) is 2. The third-order valence-electron chi connectivity index (χ3n) is 3.70. The summed E-state index contributed by atoms with van der Waals surface area (Å²) >= 11 is 0. The Kier molecular flexibility index (Phi) is 7.33. The van der Waals surface area contributed by atoms with Gasteiger partial charge in [0, 0.05) is 13.1 Å². The van der Waals surface area contributed by atoms with Crippen molar-refractivity contribution in [1.29, 1.82) is 0 Å². The van der Waals surface area contributed by atoms with E-state index in [2.05, 4.69) is 19.2 Å². The second-order valence-corrected chi connectivity index (χ2v) is 5.95. The molecule has 1 aliphatic rings. The van der Waals surface area contributed by atoms with E-state index < -0.39 is 0 Å². The van der Waals surface area contributed by atoms with Gasteiger partial charge >= 0.3 is 0 Å². The molecule has 0 bridgehead atoms. The monoisotopic (exact) mass is 254 g/mol. The predicted octanol–water partition coefficient (Wildman–Crippen LogP) is 2.80. The van der Waals surface area contributed by atoms with Crippen molar-refractivity contribution >= 4 is 5.91 Å². The molecule has 1 aliphatic heterocycles. The molecule has 1 saturated heterocycles. The summed E-state index contributed by atoms with van der Waals surface area (Å²) in [6, 6.07) is -0.0183. The minimum atomic E-state index is -0.0183. The molecule has 1 N–H and O–H groups in total. The molecule has 18 heavy (non-hydrogen) atoms. The second-order valence-electron chi connectivity index (χ2n) is 5.95. The van der Waals surface area contributed by atoms with E-state index in [-0.39, 0.29) is 6.04 Å². The van der Waals surface area contributed by atoms with Crippen molar-refractivity contribution in [3.8, 4) is 0 Å². The number of likely N-dealkylation sites (tertiary alicyclic amines) is 1. The summed E-state index contributed by atoms with van der Waals surface area (Å²) in [4.78, 5) is 14.3. The summed E-state index contributed by atoms with van der Waals surface area (Å²) < 4.78 is 0. The van der Waals surface area contributed by atoms with E-state index in [4.69, 9.17) is 0 Å². The van der Waals surface area contributed by atoms with Crippen LogP contribution in [0.4, 0.5) is 0 Å². The Morgan fingerprint density at radius 2 is 1.72 bits per heavy atom. The van der Waals surface area contributed by atoms with E-state index in [0.29, 0.717) is 5.91 Å². The van der Waals surface area contributed by atoms with Crippen molar-refractivity contribution in [2.75, 3.05) is 19.6 Å². The first-order chi connectivity index (χ1) is 8.61. The van der Waals surface area contributed by atoms with Crippen LogP contribution in [-0.4, -0.2) is 36.5 Å². The van der Waals surface area contributed by atoms with Gasteiger partial charge in [-0.2, -0.15) is 0 Å². The number of nitrogens with zero attached hydrogens (tertiary/aromatic N) is 1. The van der Waals surface area contributed by atoms with Gasteiger partial charge in [-0.1, -0.05) is 26.7 Å². The van der Waals surface area contributed by atoms with Crippen LogP contribution in [0.5, 0.6) is 0 Å². The van der Waals surface area contributed by atoms with Crippen molar-refractivity contribution in [2.45, 2.75) is 65.3 Å². The van der Waals surface area contributed by atoms with Crippen LogP contribution in [0.15, 0.2) is 0 Å². The third kappa shape index (κ3) is 5.85. The van der Waals surface area contributed by atoms with Crippen molar-refractivity contribution < 1.29 is 4.79 Å². The van der Waals surface area contributed by atoms with Crippen LogP contribution < -0.4 is 5.32 Å². The molecule has 1 unspecified atom stereocenters. The van der Waals surface area contributed by atoms with Gasteiger partial charge in [0.25, 0.3) is 0 Å². The van der Waals surface area contributed by atoms with Gasteiger partial charge in [-0.3, -0.25) is 4.79 Å². The lowest BCUT2D eigenvalue weighted by molar-refractivity contribution is -0.133. The molecule has 1 heterocycles. The summed E-state index contributed by atoms with van der Waals surface area (Å²) in [6.07, 6.45) is 7.30. The molecule has 3 nitrogen and oxygen atoms in total. The van der Waals surface area contributed by atoms with Crippen LogP contribution in [0.25, 0.3) is 0 Å². The summed E-state index contributed by atoms with van der Waals surface area (Å²) in [5.74, 6) is 1.05. The summed E-state index contributed by atoms with van der Waals surface area (Å²) in [7, 11) is 0. The molecule has 0 aliphatic carbocycles. The van der Waals surface area contributed by atoms with Gasteiger partial charge in [0.2, 0.25) is 5.91 Å². The molecule has 0 aromatic rings. The van der Waals surface area contributed by atoms with Gasteiger partial charge in [-0.15, -0.1) is 0 Å². The van der Waals surface area contributed by atoms with E-state index in [9.17, 15) is 4.79 Å². The average Bonchev–Trinajstić information content (AvgIpc) is 2.61. The highest BCUT2D eigenvalue weighted by Gasteiger charge is 2.20. The zero-order chi connectivity index (χ0) is 13.4. The van der Waals surface area contributed by atoms with Gasteiger partial charge in [0.05, 0.1) is 6.04 Å². The second kappa shape index (κ2) is 8.52. The van der Waals surface area contributed by atoms with Crippen molar-refractivity contribution in [1.82, 2.24) is 10.2 Å². The van der Waals surface area contributed by atoms with Crippen molar-refractivity contribution in [3.05, 3.63) is 0 Å². The zero-order valence-electron chi connectivity index (χ0n) is 12.4.